The molecular weight excluding hydrogens is 240 g/mol. The zero-order valence-electron chi connectivity index (χ0n) is 8.96. The first-order valence-electron chi connectivity index (χ1n) is 4.84. The molecule has 0 saturated carbocycles. The fourth-order valence-electron chi connectivity index (χ4n) is 1.54. The van der Waals surface area contributed by atoms with Crippen molar-refractivity contribution in [1.29, 1.82) is 5.26 Å². The van der Waals surface area contributed by atoms with Crippen LogP contribution in [0.1, 0.15) is 5.56 Å². The number of benzene rings is 1. The van der Waals surface area contributed by atoms with E-state index < -0.39 is 12.2 Å². The molecule has 0 aromatic heterocycles. The standard InChI is InChI=1S/C11H10N2O3.H2S/c12-5-8-1-3-9(4-2-8)13-6-10(7-14)16-11(13)15;/h1-4,10,14H,6-7H2;1H2/t10-;/m0./s1. The van der Waals surface area contributed by atoms with Crippen molar-refractivity contribution in [2.75, 3.05) is 18.1 Å². The van der Waals surface area contributed by atoms with E-state index >= 15 is 0 Å². The number of carbonyl (C=O) groups excluding carboxylic acids is 1. The Balaban J connectivity index is 0.00000144. The van der Waals surface area contributed by atoms with Gasteiger partial charge in [-0.25, -0.2) is 4.79 Å². The number of nitriles is 1. The van der Waals surface area contributed by atoms with E-state index in [9.17, 15) is 4.79 Å². The van der Waals surface area contributed by atoms with E-state index in [0.29, 0.717) is 17.8 Å². The Bertz CT molecular complexity index is 441. The normalized spacial score (nSPS) is 18.2. The second-order valence-corrected chi connectivity index (χ2v) is 3.46. The van der Waals surface area contributed by atoms with Crippen LogP contribution in [0.2, 0.25) is 0 Å². The fourth-order valence-corrected chi connectivity index (χ4v) is 1.54. The summed E-state index contributed by atoms with van der Waals surface area (Å²) >= 11 is 0. The maximum absolute atomic E-state index is 11.4. The lowest BCUT2D eigenvalue weighted by molar-refractivity contribution is 0.0963. The molecule has 1 aromatic rings. The Morgan fingerprint density at radius 2 is 2.12 bits per heavy atom. The zero-order chi connectivity index (χ0) is 11.5. The molecule has 1 saturated heterocycles. The van der Waals surface area contributed by atoms with E-state index in [1.807, 2.05) is 6.07 Å². The van der Waals surface area contributed by atoms with Crippen molar-refractivity contribution in [3.05, 3.63) is 29.8 Å². The molecule has 1 aliphatic rings. The van der Waals surface area contributed by atoms with Crippen LogP contribution in [-0.4, -0.2) is 30.5 Å². The van der Waals surface area contributed by atoms with Crippen LogP contribution in [0.5, 0.6) is 0 Å². The highest BCUT2D eigenvalue weighted by molar-refractivity contribution is 7.59. The molecule has 0 spiro atoms. The molecule has 2 rings (SSSR count). The average Bonchev–Trinajstić information content (AvgIpc) is 2.71. The molecule has 1 atom stereocenters. The van der Waals surface area contributed by atoms with Gasteiger partial charge < -0.3 is 9.84 Å². The van der Waals surface area contributed by atoms with Crippen LogP contribution in [-0.2, 0) is 4.74 Å². The molecule has 1 N–H and O–H groups in total. The Kier molecular flexibility index (Phi) is 4.37. The smallest absolute Gasteiger partial charge is 0.414 e. The van der Waals surface area contributed by atoms with E-state index in [4.69, 9.17) is 15.1 Å². The lowest BCUT2D eigenvalue weighted by Crippen LogP contribution is -2.25. The van der Waals surface area contributed by atoms with Gasteiger partial charge in [0.05, 0.1) is 24.8 Å². The van der Waals surface area contributed by atoms with Gasteiger partial charge in [-0.15, -0.1) is 0 Å². The van der Waals surface area contributed by atoms with Crippen molar-refractivity contribution in [1.82, 2.24) is 0 Å². The third-order valence-electron chi connectivity index (χ3n) is 2.39. The Hall–Kier alpha value is -1.71. The molecule has 6 heteroatoms. The third kappa shape index (κ3) is 2.70. The molecule has 0 unspecified atom stereocenters. The molecule has 1 aromatic carbocycles. The van der Waals surface area contributed by atoms with Crippen molar-refractivity contribution in [3.8, 4) is 6.07 Å². The van der Waals surface area contributed by atoms with Crippen molar-refractivity contribution >= 4 is 25.3 Å². The number of hydrogen-bond acceptors (Lipinski definition) is 4. The molecular formula is C11H12N2O3S. The van der Waals surface area contributed by atoms with Crippen molar-refractivity contribution in [3.63, 3.8) is 0 Å². The van der Waals surface area contributed by atoms with E-state index in [0.717, 1.165) is 0 Å². The molecule has 1 aliphatic heterocycles. The number of cyclic esters (lactones) is 1. The summed E-state index contributed by atoms with van der Waals surface area (Å²) in [5.74, 6) is 0. The largest absolute Gasteiger partial charge is 0.441 e. The van der Waals surface area contributed by atoms with Crippen LogP contribution in [0, 0.1) is 11.3 Å². The van der Waals surface area contributed by atoms with Gasteiger partial charge >= 0.3 is 6.09 Å². The maximum Gasteiger partial charge on any atom is 0.414 e. The summed E-state index contributed by atoms with van der Waals surface area (Å²) in [6.07, 6.45) is -0.938. The van der Waals surface area contributed by atoms with Gasteiger partial charge in [0.2, 0.25) is 0 Å². The highest BCUT2D eigenvalue weighted by Gasteiger charge is 2.31. The van der Waals surface area contributed by atoms with Gasteiger partial charge in [-0.3, -0.25) is 4.90 Å². The molecule has 0 bridgehead atoms. The summed E-state index contributed by atoms with van der Waals surface area (Å²) in [6.45, 7) is 0.153. The number of nitrogens with zero attached hydrogens (tertiary/aromatic N) is 2. The number of hydrogen-bond donors (Lipinski definition) is 1. The SMILES string of the molecule is N#Cc1ccc(N2C[C@@H](CO)OC2=O)cc1.S. The maximum atomic E-state index is 11.4. The minimum Gasteiger partial charge on any atom is -0.441 e. The summed E-state index contributed by atoms with van der Waals surface area (Å²) in [4.78, 5) is 12.9. The van der Waals surface area contributed by atoms with Gasteiger partial charge in [0.25, 0.3) is 0 Å². The van der Waals surface area contributed by atoms with Crippen LogP contribution < -0.4 is 4.90 Å². The van der Waals surface area contributed by atoms with E-state index in [-0.39, 0.29) is 20.1 Å². The number of ether oxygens (including phenoxy) is 1. The van der Waals surface area contributed by atoms with Crippen LogP contribution >= 0.6 is 13.5 Å². The minimum absolute atomic E-state index is 0. The van der Waals surface area contributed by atoms with Crippen molar-refractivity contribution in [2.45, 2.75) is 6.10 Å². The summed E-state index contributed by atoms with van der Waals surface area (Å²) in [5, 5.41) is 17.5. The topological polar surface area (TPSA) is 73.6 Å². The molecule has 1 heterocycles. The number of rotatable bonds is 2. The molecule has 0 radical (unpaired) electrons. The predicted molar refractivity (Wildman–Crippen MR) is 66.2 cm³/mol. The molecule has 17 heavy (non-hydrogen) atoms. The first-order chi connectivity index (χ1) is 7.74. The number of aliphatic hydroxyl groups excluding tert-OH is 1. The summed E-state index contributed by atoms with van der Waals surface area (Å²) < 4.78 is 4.91. The monoisotopic (exact) mass is 252 g/mol. The van der Waals surface area contributed by atoms with Gasteiger partial charge in [-0.2, -0.15) is 18.8 Å². The van der Waals surface area contributed by atoms with Gasteiger partial charge in [0.1, 0.15) is 6.10 Å². The van der Waals surface area contributed by atoms with Crippen LogP contribution in [0.15, 0.2) is 24.3 Å². The number of anilines is 1. The van der Waals surface area contributed by atoms with Crippen molar-refractivity contribution in [2.24, 2.45) is 0 Å². The summed E-state index contributed by atoms with van der Waals surface area (Å²) in [6, 6.07) is 8.63. The Labute approximate surface area is 106 Å². The minimum atomic E-state index is -0.469. The lowest BCUT2D eigenvalue weighted by Gasteiger charge is -2.12. The molecule has 0 aliphatic carbocycles. The molecule has 5 nitrogen and oxygen atoms in total. The number of amides is 1. The van der Waals surface area contributed by atoms with E-state index in [1.54, 1.807) is 24.3 Å². The fraction of sp³-hybridized carbons (Fsp3) is 0.273. The first kappa shape index (κ1) is 13.4. The highest BCUT2D eigenvalue weighted by Crippen LogP contribution is 2.21. The Morgan fingerprint density at radius 3 is 2.59 bits per heavy atom. The van der Waals surface area contributed by atoms with Gasteiger partial charge in [0, 0.05) is 5.69 Å². The lowest BCUT2D eigenvalue weighted by atomic mass is 10.2. The zero-order valence-corrected chi connectivity index (χ0v) is 9.96. The molecule has 1 fully saturated rings. The summed E-state index contributed by atoms with van der Waals surface area (Å²) in [7, 11) is 0. The third-order valence-corrected chi connectivity index (χ3v) is 2.39. The van der Waals surface area contributed by atoms with Crippen LogP contribution in [0.4, 0.5) is 10.5 Å². The van der Waals surface area contributed by atoms with Gasteiger partial charge in [0.15, 0.2) is 0 Å². The summed E-state index contributed by atoms with van der Waals surface area (Å²) in [5.41, 5.74) is 1.20. The van der Waals surface area contributed by atoms with Crippen molar-refractivity contribution < 1.29 is 14.6 Å². The molecule has 90 valence electrons. The Morgan fingerprint density at radius 1 is 1.47 bits per heavy atom. The highest BCUT2D eigenvalue weighted by atomic mass is 32.1. The number of aliphatic hydroxyl groups is 1. The van der Waals surface area contributed by atoms with E-state index in [1.165, 1.54) is 4.90 Å². The predicted octanol–water partition coefficient (Wildman–Crippen LogP) is 0.989. The van der Waals surface area contributed by atoms with Gasteiger partial charge in [-0.1, -0.05) is 0 Å². The molecule has 1 amide bonds. The van der Waals surface area contributed by atoms with Crippen LogP contribution in [0.3, 0.4) is 0 Å². The second kappa shape index (κ2) is 5.57. The second-order valence-electron chi connectivity index (χ2n) is 3.46. The number of carbonyl (C=O) groups is 1. The van der Waals surface area contributed by atoms with Crippen LogP contribution in [0.25, 0.3) is 0 Å². The average molecular weight is 252 g/mol. The quantitative estimate of drug-likeness (QED) is 0.851. The van der Waals surface area contributed by atoms with E-state index in [2.05, 4.69) is 0 Å². The first-order valence-corrected chi connectivity index (χ1v) is 4.84. The van der Waals surface area contributed by atoms with Gasteiger partial charge in [-0.05, 0) is 24.3 Å².